The second-order valence-corrected chi connectivity index (χ2v) is 6.10. The highest BCUT2D eigenvalue weighted by Crippen LogP contribution is 2.10. The highest BCUT2D eigenvalue weighted by atomic mass is 14.9. The molecule has 0 saturated heterocycles. The quantitative estimate of drug-likeness (QED) is 0.457. The van der Waals surface area contributed by atoms with E-state index < -0.39 is 0 Å². The van der Waals surface area contributed by atoms with Gasteiger partial charge < -0.3 is 11.1 Å². The SMILES string of the molecule is CCC(C)C(C)NCCCCCCCCCCCN. The minimum absolute atomic E-state index is 0.674. The van der Waals surface area contributed by atoms with Crippen LogP contribution in [-0.2, 0) is 0 Å². The molecule has 0 spiro atoms. The zero-order valence-corrected chi connectivity index (χ0v) is 13.7. The fourth-order valence-electron chi connectivity index (χ4n) is 2.39. The highest BCUT2D eigenvalue weighted by molar-refractivity contribution is 4.66. The third-order valence-corrected chi connectivity index (χ3v) is 4.34. The van der Waals surface area contributed by atoms with E-state index in [2.05, 4.69) is 26.1 Å². The molecule has 0 saturated carbocycles. The van der Waals surface area contributed by atoms with Crippen molar-refractivity contribution in [2.24, 2.45) is 11.7 Å². The van der Waals surface area contributed by atoms with Crippen molar-refractivity contribution in [3.8, 4) is 0 Å². The molecule has 0 heterocycles. The summed E-state index contributed by atoms with van der Waals surface area (Å²) in [5.74, 6) is 0.800. The molecule has 0 radical (unpaired) electrons. The Bertz CT molecular complexity index is 171. The van der Waals surface area contributed by atoms with Gasteiger partial charge in [0.25, 0.3) is 0 Å². The van der Waals surface area contributed by atoms with Crippen LogP contribution in [0.1, 0.15) is 85.0 Å². The molecule has 19 heavy (non-hydrogen) atoms. The van der Waals surface area contributed by atoms with Gasteiger partial charge in [0.1, 0.15) is 0 Å². The summed E-state index contributed by atoms with van der Waals surface area (Å²) in [4.78, 5) is 0. The molecule has 0 aromatic carbocycles. The van der Waals surface area contributed by atoms with Gasteiger partial charge in [0.2, 0.25) is 0 Å². The molecule has 3 N–H and O–H groups in total. The van der Waals surface area contributed by atoms with Crippen LogP contribution in [0.5, 0.6) is 0 Å². The van der Waals surface area contributed by atoms with Gasteiger partial charge in [0.15, 0.2) is 0 Å². The van der Waals surface area contributed by atoms with E-state index in [0.29, 0.717) is 6.04 Å². The average Bonchev–Trinajstić information content (AvgIpc) is 2.43. The molecule has 116 valence electrons. The van der Waals surface area contributed by atoms with Crippen LogP contribution in [0.4, 0.5) is 0 Å². The van der Waals surface area contributed by atoms with Crippen LogP contribution < -0.4 is 11.1 Å². The molecule has 0 aliphatic carbocycles. The third-order valence-electron chi connectivity index (χ3n) is 4.34. The Morgan fingerprint density at radius 2 is 1.26 bits per heavy atom. The molecule has 0 rings (SSSR count). The molecule has 2 heteroatoms. The molecule has 0 aromatic heterocycles. The van der Waals surface area contributed by atoms with Gasteiger partial charge in [-0.1, -0.05) is 65.2 Å². The van der Waals surface area contributed by atoms with Gasteiger partial charge in [-0.3, -0.25) is 0 Å². The summed E-state index contributed by atoms with van der Waals surface area (Å²) in [6.07, 6.45) is 13.6. The number of hydrogen-bond acceptors (Lipinski definition) is 2. The molecule has 0 aromatic rings. The van der Waals surface area contributed by atoms with Crippen molar-refractivity contribution in [3.63, 3.8) is 0 Å². The minimum atomic E-state index is 0.674. The van der Waals surface area contributed by atoms with Crippen LogP contribution in [0.2, 0.25) is 0 Å². The largest absolute Gasteiger partial charge is 0.330 e. The van der Waals surface area contributed by atoms with Crippen LogP contribution in [0.15, 0.2) is 0 Å². The Morgan fingerprint density at radius 1 is 0.789 bits per heavy atom. The zero-order valence-electron chi connectivity index (χ0n) is 13.7. The molecule has 0 aliphatic rings. The maximum atomic E-state index is 5.48. The first-order chi connectivity index (χ1) is 9.22. The monoisotopic (exact) mass is 270 g/mol. The van der Waals surface area contributed by atoms with Crippen LogP contribution in [0.3, 0.4) is 0 Å². The highest BCUT2D eigenvalue weighted by Gasteiger charge is 2.07. The summed E-state index contributed by atoms with van der Waals surface area (Å²) in [5, 5.41) is 3.65. The van der Waals surface area contributed by atoms with Gasteiger partial charge in [-0.15, -0.1) is 0 Å². The minimum Gasteiger partial charge on any atom is -0.330 e. The lowest BCUT2D eigenvalue weighted by molar-refractivity contribution is 0.385. The molecule has 0 bridgehead atoms. The van der Waals surface area contributed by atoms with E-state index in [1.165, 1.54) is 70.8 Å². The predicted octanol–water partition coefficient (Wildman–Crippen LogP) is 4.48. The zero-order chi connectivity index (χ0) is 14.3. The molecular formula is C17H38N2. The molecule has 0 amide bonds. The number of hydrogen-bond donors (Lipinski definition) is 2. The lowest BCUT2D eigenvalue weighted by atomic mass is 10.0. The number of rotatable bonds is 14. The summed E-state index contributed by atoms with van der Waals surface area (Å²) in [5.41, 5.74) is 5.48. The standard InChI is InChI=1S/C17H38N2/c1-4-16(2)17(3)19-15-13-11-9-7-5-6-8-10-12-14-18/h16-17,19H,4-15,18H2,1-3H3. The normalized spacial score (nSPS) is 14.5. The maximum absolute atomic E-state index is 5.48. The predicted molar refractivity (Wildman–Crippen MR) is 87.5 cm³/mol. The first kappa shape index (κ1) is 18.9. The van der Waals surface area contributed by atoms with E-state index in [0.717, 1.165) is 12.5 Å². The molecule has 0 aliphatic heterocycles. The topological polar surface area (TPSA) is 38.0 Å². The number of nitrogens with one attached hydrogen (secondary N) is 1. The fourth-order valence-corrected chi connectivity index (χ4v) is 2.39. The second kappa shape index (κ2) is 14.3. The number of nitrogens with two attached hydrogens (primary N) is 1. The van der Waals surface area contributed by atoms with E-state index in [4.69, 9.17) is 5.73 Å². The molecule has 2 unspecified atom stereocenters. The first-order valence-corrected chi connectivity index (χ1v) is 8.65. The van der Waals surface area contributed by atoms with Gasteiger partial charge in [0.05, 0.1) is 0 Å². The Balaban J connectivity index is 3.10. The van der Waals surface area contributed by atoms with Gasteiger partial charge in [-0.2, -0.15) is 0 Å². The number of unbranched alkanes of at least 4 members (excludes halogenated alkanes) is 8. The van der Waals surface area contributed by atoms with Crippen molar-refractivity contribution < 1.29 is 0 Å². The van der Waals surface area contributed by atoms with Gasteiger partial charge >= 0.3 is 0 Å². The Morgan fingerprint density at radius 3 is 1.74 bits per heavy atom. The van der Waals surface area contributed by atoms with E-state index in [9.17, 15) is 0 Å². The van der Waals surface area contributed by atoms with E-state index >= 15 is 0 Å². The van der Waals surface area contributed by atoms with Crippen LogP contribution in [0, 0.1) is 5.92 Å². The van der Waals surface area contributed by atoms with Crippen molar-refractivity contribution in [3.05, 3.63) is 0 Å². The average molecular weight is 271 g/mol. The van der Waals surface area contributed by atoms with Gasteiger partial charge in [0, 0.05) is 6.04 Å². The molecule has 2 nitrogen and oxygen atoms in total. The second-order valence-electron chi connectivity index (χ2n) is 6.10. The Hall–Kier alpha value is -0.0800. The lowest BCUT2D eigenvalue weighted by Crippen LogP contribution is -2.32. The first-order valence-electron chi connectivity index (χ1n) is 8.65. The lowest BCUT2D eigenvalue weighted by Gasteiger charge is -2.19. The van der Waals surface area contributed by atoms with Crippen molar-refractivity contribution in [2.75, 3.05) is 13.1 Å². The summed E-state index contributed by atoms with van der Waals surface area (Å²) in [7, 11) is 0. The van der Waals surface area contributed by atoms with E-state index in [1.54, 1.807) is 0 Å². The smallest absolute Gasteiger partial charge is 0.00642 e. The van der Waals surface area contributed by atoms with Crippen LogP contribution in [0.25, 0.3) is 0 Å². The third kappa shape index (κ3) is 12.7. The maximum Gasteiger partial charge on any atom is 0.00642 e. The molecule has 0 fully saturated rings. The Kier molecular flexibility index (Phi) is 14.3. The molecule has 2 atom stereocenters. The molecular weight excluding hydrogens is 232 g/mol. The van der Waals surface area contributed by atoms with Crippen LogP contribution >= 0.6 is 0 Å². The summed E-state index contributed by atoms with van der Waals surface area (Å²) < 4.78 is 0. The Labute approximate surface area is 121 Å². The van der Waals surface area contributed by atoms with Gasteiger partial charge in [-0.25, -0.2) is 0 Å². The van der Waals surface area contributed by atoms with Crippen LogP contribution in [-0.4, -0.2) is 19.1 Å². The summed E-state index contributed by atoms with van der Waals surface area (Å²) in [6.45, 7) is 8.98. The summed E-state index contributed by atoms with van der Waals surface area (Å²) in [6, 6.07) is 0.674. The van der Waals surface area contributed by atoms with Crippen molar-refractivity contribution in [1.29, 1.82) is 0 Å². The van der Waals surface area contributed by atoms with Crippen molar-refractivity contribution in [1.82, 2.24) is 5.32 Å². The fraction of sp³-hybridized carbons (Fsp3) is 1.00. The van der Waals surface area contributed by atoms with E-state index in [1.807, 2.05) is 0 Å². The van der Waals surface area contributed by atoms with Crippen molar-refractivity contribution in [2.45, 2.75) is 91.0 Å². The van der Waals surface area contributed by atoms with Gasteiger partial charge in [-0.05, 0) is 38.8 Å². The summed E-state index contributed by atoms with van der Waals surface area (Å²) >= 11 is 0. The van der Waals surface area contributed by atoms with E-state index in [-0.39, 0.29) is 0 Å². The van der Waals surface area contributed by atoms with Crippen molar-refractivity contribution >= 4 is 0 Å².